The summed E-state index contributed by atoms with van der Waals surface area (Å²) in [4.78, 5) is 0. The molecule has 0 bridgehead atoms. The second-order valence-electron chi connectivity index (χ2n) is 6.12. The topological polar surface area (TPSA) is 21.3 Å². The number of hydrogen-bond acceptors (Lipinski definition) is 2. The standard InChI is InChI=1S/C20H23NOS/c23-20(21-19-9-5-2-6-10-19)22-15-16-11-13-18(14-12-16)17-7-3-1-4-8-17/h1,3-4,7-8,11-14,19H,2,5-6,9-10,15H2,(H,21,23). The average molecular weight is 325 g/mol. The van der Waals surface area contributed by atoms with Crippen LogP contribution in [0.2, 0.25) is 0 Å². The largest absolute Gasteiger partial charge is 0.466 e. The number of hydrogen-bond donors (Lipinski definition) is 1. The number of nitrogens with one attached hydrogen (secondary N) is 1. The van der Waals surface area contributed by atoms with Gasteiger partial charge in [0.25, 0.3) is 5.17 Å². The second-order valence-corrected chi connectivity index (χ2v) is 6.49. The minimum Gasteiger partial charge on any atom is -0.466 e. The van der Waals surface area contributed by atoms with E-state index in [1.54, 1.807) is 0 Å². The van der Waals surface area contributed by atoms with Crippen molar-refractivity contribution in [3.63, 3.8) is 0 Å². The smallest absolute Gasteiger partial charge is 0.257 e. The molecular weight excluding hydrogens is 302 g/mol. The van der Waals surface area contributed by atoms with Gasteiger partial charge < -0.3 is 10.1 Å². The van der Waals surface area contributed by atoms with Gasteiger partial charge in [-0.05, 0) is 41.7 Å². The zero-order valence-electron chi connectivity index (χ0n) is 13.3. The van der Waals surface area contributed by atoms with Crippen molar-refractivity contribution < 1.29 is 4.74 Å². The molecule has 2 aromatic rings. The van der Waals surface area contributed by atoms with Crippen molar-refractivity contribution in [3.05, 3.63) is 60.2 Å². The van der Waals surface area contributed by atoms with E-state index in [1.165, 1.54) is 43.2 Å². The fourth-order valence-corrected chi connectivity index (χ4v) is 3.25. The number of benzene rings is 2. The SMILES string of the molecule is S=C(NC1CCCCC1)OCc1ccc(-c2ccccc2)cc1. The predicted molar refractivity (Wildman–Crippen MR) is 99.3 cm³/mol. The monoisotopic (exact) mass is 325 g/mol. The van der Waals surface area contributed by atoms with Crippen LogP contribution in [-0.4, -0.2) is 11.2 Å². The van der Waals surface area contributed by atoms with Crippen LogP contribution in [0.4, 0.5) is 0 Å². The Balaban J connectivity index is 1.49. The molecule has 0 saturated heterocycles. The molecule has 0 unspecified atom stereocenters. The average Bonchev–Trinajstić information content (AvgIpc) is 2.62. The lowest BCUT2D eigenvalue weighted by atomic mass is 9.96. The molecule has 1 N–H and O–H groups in total. The molecule has 1 fully saturated rings. The Labute approximate surface area is 143 Å². The van der Waals surface area contributed by atoms with E-state index in [4.69, 9.17) is 17.0 Å². The maximum absolute atomic E-state index is 5.70. The normalized spacial score (nSPS) is 15.1. The summed E-state index contributed by atoms with van der Waals surface area (Å²) in [6.07, 6.45) is 6.34. The van der Waals surface area contributed by atoms with Crippen molar-refractivity contribution in [1.82, 2.24) is 5.32 Å². The van der Waals surface area contributed by atoms with E-state index in [2.05, 4.69) is 53.8 Å². The Morgan fingerprint density at radius 1 is 0.913 bits per heavy atom. The predicted octanol–water partition coefficient (Wildman–Crippen LogP) is 5.08. The van der Waals surface area contributed by atoms with Gasteiger partial charge in [-0.15, -0.1) is 0 Å². The van der Waals surface area contributed by atoms with Crippen molar-refractivity contribution >= 4 is 17.4 Å². The molecule has 0 radical (unpaired) electrons. The molecule has 1 aliphatic rings. The lowest BCUT2D eigenvalue weighted by Gasteiger charge is -2.23. The highest BCUT2D eigenvalue weighted by atomic mass is 32.1. The van der Waals surface area contributed by atoms with E-state index in [1.807, 2.05) is 6.07 Å². The second kappa shape index (κ2) is 8.11. The van der Waals surface area contributed by atoms with Crippen molar-refractivity contribution in [2.24, 2.45) is 0 Å². The molecule has 120 valence electrons. The molecule has 2 aromatic carbocycles. The van der Waals surface area contributed by atoms with Crippen LogP contribution in [0.5, 0.6) is 0 Å². The fraction of sp³-hybridized carbons (Fsp3) is 0.350. The highest BCUT2D eigenvalue weighted by Crippen LogP contribution is 2.20. The van der Waals surface area contributed by atoms with Gasteiger partial charge in [0, 0.05) is 6.04 Å². The van der Waals surface area contributed by atoms with Crippen LogP contribution < -0.4 is 5.32 Å². The van der Waals surface area contributed by atoms with Crippen LogP contribution in [0.25, 0.3) is 11.1 Å². The van der Waals surface area contributed by atoms with Gasteiger partial charge in [0.05, 0.1) is 0 Å². The van der Waals surface area contributed by atoms with E-state index in [0.29, 0.717) is 17.8 Å². The molecule has 3 rings (SSSR count). The minimum absolute atomic E-state index is 0.497. The number of ether oxygens (including phenoxy) is 1. The first-order valence-electron chi connectivity index (χ1n) is 8.39. The van der Waals surface area contributed by atoms with Gasteiger partial charge in [-0.1, -0.05) is 73.9 Å². The van der Waals surface area contributed by atoms with Crippen LogP contribution in [0.3, 0.4) is 0 Å². The van der Waals surface area contributed by atoms with Crippen molar-refractivity contribution in [1.29, 1.82) is 0 Å². The number of rotatable bonds is 4. The Kier molecular flexibility index (Phi) is 5.65. The molecule has 1 aliphatic carbocycles. The molecule has 3 heteroatoms. The van der Waals surface area contributed by atoms with E-state index in [-0.39, 0.29) is 0 Å². The van der Waals surface area contributed by atoms with Gasteiger partial charge in [0.2, 0.25) is 0 Å². The third kappa shape index (κ3) is 4.80. The third-order valence-electron chi connectivity index (χ3n) is 4.36. The summed E-state index contributed by atoms with van der Waals surface area (Å²) in [7, 11) is 0. The van der Waals surface area contributed by atoms with Gasteiger partial charge >= 0.3 is 0 Å². The Bertz CT molecular complexity index is 618. The Hall–Kier alpha value is -1.87. The van der Waals surface area contributed by atoms with Crippen LogP contribution >= 0.6 is 12.2 Å². The highest BCUT2D eigenvalue weighted by Gasteiger charge is 2.14. The van der Waals surface area contributed by atoms with Crippen LogP contribution in [0, 0.1) is 0 Å². The first-order chi connectivity index (χ1) is 11.3. The molecular formula is C20H23NOS. The van der Waals surface area contributed by atoms with E-state index < -0.39 is 0 Å². The number of thiocarbonyl (C=S) groups is 1. The molecule has 2 nitrogen and oxygen atoms in total. The summed E-state index contributed by atoms with van der Waals surface area (Å²) in [6, 6.07) is 19.4. The first-order valence-corrected chi connectivity index (χ1v) is 8.80. The van der Waals surface area contributed by atoms with E-state index >= 15 is 0 Å². The van der Waals surface area contributed by atoms with Gasteiger partial charge in [-0.3, -0.25) is 0 Å². The summed E-state index contributed by atoms with van der Waals surface area (Å²) in [6.45, 7) is 0.521. The van der Waals surface area contributed by atoms with E-state index in [0.717, 1.165) is 5.56 Å². The zero-order valence-corrected chi connectivity index (χ0v) is 14.1. The van der Waals surface area contributed by atoms with Gasteiger partial charge in [0.15, 0.2) is 0 Å². The molecule has 0 spiro atoms. The Morgan fingerprint density at radius 3 is 2.26 bits per heavy atom. The van der Waals surface area contributed by atoms with Crippen molar-refractivity contribution in [2.45, 2.75) is 44.8 Å². The maximum Gasteiger partial charge on any atom is 0.257 e. The third-order valence-corrected chi connectivity index (χ3v) is 4.59. The maximum atomic E-state index is 5.70. The molecule has 0 amide bonds. The minimum atomic E-state index is 0.497. The van der Waals surface area contributed by atoms with Crippen LogP contribution in [0.15, 0.2) is 54.6 Å². The molecule has 0 heterocycles. The highest BCUT2D eigenvalue weighted by molar-refractivity contribution is 7.80. The molecule has 0 atom stereocenters. The van der Waals surface area contributed by atoms with Gasteiger partial charge in [-0.25, -0.2) is 0 Å². The zero-order chi connectivity index (χ0) is 15.9. The van der Waals surface area contributed by atoms with Crippen molar-refractivity contribution in [3.8, 4) is 11.1 Å². The lowest BCUT2D eigenvalue weighted by Crippen LogP contribution is -2.36. The first kappa shape index (κ1) is 16.0. The summed E-state index contributed by atoms with van der Waals surface area (Å²) >= 11 is 5.30. The summed E-state index contributed by atoms with van der Waals surface area (Å²) in [5, 5.41) is 3.87. The summed E-state index contributed by atoms with van der Waals surface area (Å²) in [5.41, 5.74) is 3.59. The van der Waals surface area contributed by atoms with Gasteiger partial charge in [0.1, 0.15) is 6.61 Å². The summed E-state index contributed by atoms with van der Waals surface area (Å²) < 4.78 is 5.70. The quantitative estimate of drug-likeness (QED) is 0.792. The molecule has 23 heavy (non-hydrogen) atoms. The van der Waals surface area contributed by atoms with E-state index in [9.17, 15) is 0 Å². The Morgan fingerprint density at radius 2 is 1.57 bits per heavy atom. The fourth-order valence-electron chi connectivity index (χ4n) is 3.03. The van der Waals surface area contributed by atoms with Crippen molar-refractivity contribution in [2.75, 3.05) is 0 Å². The molecule has 0 aliphatic heterocycles. The van der Waals surface area contributed by atoms with Gasteiger partial charge in [-0.2, -0.15) is 0 Å². The lowest BCUT2D eigenvalue weighted by molar-refractivity contribution is 0.273. The molecule has 1 saturated carbocycles. The van der Waals surface area contributed by atoms with Crippen LogP contribution in [0.1, 0.15) is 37.7 Å². The summed E-state index contributed by atoms with van der Waals surface area (Å²) in [5.74, 6) is 0. The van der Waals surface area contributed by atoms with Crippen LogP contribution in [-0.2, 0) is 11.3 Å². The molecule has 0 aromatic heterocycles.